The lowest BCUT2D eigenvalue weighted by molar-refractivity contribution is -0.660. The Labute approximate surface area is 179 Å². The molecule has 0 aliphatic heterocycles. The average molecular weight is 392 g/mol. The minimum absolute atomic E-state index is 0.320. The first-order valence-electron chi connectivity index (χ1n) is 11.6. The first-order valence-corrected chi connectivity index (χ1v) is 10.1. The molecule has 2 heteroatoms. The molecule has 0 atom stereocenters. The van der Waals surface area contributed by atoms with Crippen molar-refractivity contribution < 1.29 is 13.1 Å². The second-order valence-corrected chi connectivity index (χ2v) is 7.98. The van der Waals surface area contributed by atoms with E-state index in [1.54, 1.807) is 12.3 Å². The van der Waals surface area contributed by atoms with Crippen LogP contribution in [0.5, 0.6) is 0 Å². The topological polar surface area (TPSA) is 17.0 Å². The van der Waals surface area contributed by atoms with Crippen molar-refractivity contribution in [1.82, 2.24) is 0 Å². The van der Waals surface area contributed by atoms with E-state index in [0.29, 0.717) is 5.56 Å². The summed E-state index contributed by atoms with van der Waals surface area (Å²) < 4.78 is 31.8. The second-order valence-electron chi connectivity index (χ2n) is 7.98. The van der Waals surface area contributed by atoms with E-state index in [4.69, 9.17) is 8.53 Å². The van der Waals surface area contributed by atoms with Crippen molar-refractivity contribution in [2.24, 2.45) is 7.05 Å². The molecular formula is C28H22NO+. The minimum Gasteiger partial charge on any atom is -0.454 e. The number of hydrogen-bond donors (Lipinski definition) is 0. The number of hydrogen-bond acceptors (Lipinski definition) is 1. The van der Waals surface area contributed by atoms with Crippen LogP contribution in [0.4, 0.5) is 0 Å². The largest absolute Gasteiger partial charge is 0.454 e. The third kappa shape index (κ3) is 2.34. The van der Waals surface area contributed by atoms with Gasteiger partial charge in [0.15, 0.2) is 6.20 Å². The fraction of sp³-hybridized carbons (Fsp3) is 0.107. The minimum atomic E-state index is -2.14. The monoisotopic (exact) mass is 391 g/mol. The van der Waals surface area contributed by atoms with Gasteiger partial charge in [0.1, 0.15) is 18.2 Å². The van der Waals surface area contributed by atoms with E-state index in [1.807, 2.05) is 17.7 Å². The summed E-state index contributed by atoms with van der Waals surface area (Å²) in [6.07, 6.45) is 1.69. The summed E-state index contributed by atoms with van der Waals surface area (Å²) in [6, 6.07) is 24.8. The maximum Gasteiger partial charge on any atom is 0.216 e. The summed E-state index contributed by atoms with van der Waals surface area (Å²) in [5.41, 5.74) is 5.00. The van der Waals surface area contributed by atoms with Crippen LogP contribution in [-0.2, 0) is 7.05 Å². The maximum absolute atomic E-state index is 7.74. The Kier molecular flexibility index (Phi) is 2.95. The van der Waals surface area contributed by atoms with Crippen LogP contribution in [-0.4, -0.2) is 0 Å². The van der Waals surface area contributed by atoms with Crippen LogP contribution in [0.1, 0.15) is 15.2 Å². The highest BCUT2D eigenvalue weighted by Crippen LogP contribution is 2.41. The van der Waals surface area contributed by atoms with Crippen molar-refractivity contribution in [3.05, 3.63) is 90.1 Å². The Hall–Kier alpha value is -3.65. The van der Waals surface area contributed by atoms with Gasteiger partial charge in [-0.3, -0.25) is 0 Å². The second kappa shape index (κ2) is 6.17. The van der Waals surface area contributed by atoms with Crippen molar-refractivity contribution >= 4 is 43.5 Å². The molecule has 0 aliphatic carbocycles. The molecule has 0 aliphatic rings. The fourth-order valence-electron chi connectivity index (χ4n) is 4.67. The Bertz CT molecular complexity index is 1730. The molecule has 6 rings (SSSR count). The van der Waals surface area contributed by atoms with Crippen LogP contribution >= 0.6 is 0 Å². The number of furan rings is 1. The average Bonchev–Trinajstić information content (AvgIpc) is 3.17. The highest BCUT2D eigenvalue weighted by Gasteiger charge is 2.21. The van der Waals surface area contributed by atoms with Gasteiger partial charge in [0.2, 0.25) is 5.69 Å². The lowest BCUT2D eigenvalue weighted by atomic mass is 9.98. The zero-order chi connectivity index (χ0) is 22.9. The number of aromatic nitrogens is 1. The molecule has 0 saturated carbocycles. The van der Waals surface area contributed by atoms with Crippen LogP contribution < -0.4 is 4.57 Å². The molecule has 0 amide bonds. The van der Waals surface area contributed by atoms with E-state index in [1.165, 1.54) is 10.8 Å². The molecule has 0 bridgehead atoms. The predicted octanol–water partition coefficient (Wildman–Crippen LogP) is 7.00. The molecule has 0 spiro atoms. The Morgan fingerprint density at radius 3 is 2.40 bits per heavy atom. The quantitative estimate of drug-likeness (QED) is 0.218. The summed E-state index contributed by atoms with van der Waals surface area (Å²) in [7, 11) is 1.88. The van der Waals surface area contributed by atoms with Gasteiger partial charge in [-0.05, 0) is 47.6 Å². The first-order chi connectivity index (χ1) is 15.8. The normalized spacial score (nSPS) is 13.7. The molecule has 0 saturated heterocycles. The molecule has 144 valence electrons. The van der Waals surface area contributed by atoms with Crippen molar-refractivity contribution in [1.29, 1.82) is 0 Å². The maximum atomic E-state index is 7.74. The van der Waals surface area contributed by atoms with Gasteiger partial charge in [-0.25, -0.2) is 4.57 Å². The summed E-state index contributed by atoms with van der Waals surface area (Å²) >= 11 is 0. The summed E-state index contributed by atoms with van der Waals surface area (Å²) in [4.78, 5) is 0. The summed E-state index contributed by atoms with van der Waals surface area (Å²) in [5.74, 6) is 0. The zero-order valence-corrected chi connectivity index (χ0v) is 16.9. The van der Waals surface area contributed by atoms with Crippen molar-refractivity contribution in [3.8, 4) is 11.3 Å². The van der Waals surface area contributed by atoms with Crippen LogP contribution in [0, 0.1) is 13.8 Å². The van der Waals surface area contributed by atoms with Gasteiger partial charge in [0.25, 0.3) is 0 Å². The molecule has 30 heavy (non-hydrogen) atoms. The summed E-state index contributed by atoms with van der Waals surface area (Å²) in [5, 5.41) is 6.75. The van der Waals surface area contributed by atoms with E-state index in [9.17, 15) is 0 Å². The number of benzene rings is 4. The predicted molar refractivity (Wildman–Crippen MR) is 125 cm³/mol. The molecule has 4 aromatic carbocycles. The number of nitrogens with zero attached hydrogens (tertiary/aromatic N) is 1. The molecule has 6 aromatic rings. The number of rotatable bonds is 1. The van der Waals surface area contributed by atoms with E-state index < -0.39 is 6.85 Å². The fourth-order valence-corrected chi connectivity index (χ4v) is 4.67. The number of aryl methyl sites for hydroxylation is 3. The third-order valence-electron chi connectivity index (χ3n) is 6.11. The van der Waals surface area contributed by atoms with Gasteiger partial charge in [-0.2, -0.15) is 0 Å². The van der Waals surface area contributed by atoms with Gasteiger partial charge in [0, 0.05) is 31.9 Å². The Morgan fingerprint density at radius 1 is 0.767 bits per heavy atom. The van der Waals surface area contributed by atoms with E-state index in [-0.39, 0.29) is 0 Å². The van der Waals surface area contributed by atoms with Crippen LogP contribution in [0.15, 0.2) is 83.4 Å². The van der Waals surface area contributed by atoms with Crippen molar-refractivity contribution in [2.45, 2.75) is 13.8 Å². The van der Waals surface area contributed by atoms with Gasteiger partial charge >= 0.3 is 0 Å². The van der Waals surface area contributed by atoms with E-state index in [2.05, 4.69) is 67.6 Å². The Morgan fingerprint density at radius 2 is 1.53 bits per heavy atom. The highest BCUT2D eigenvalue weighted by molar-refractivity contribution is 6.23. The third-order valence-corrected chi connectivity index (χ3v) is 6.11. The first kappa shape index (κ1) is 14.4. The van der Waals surface area contributed by atoms with Crippen LogP contribution in [0.3, 0.4) is 0 Å². The molecule has 0 N–H and O–H groups in total. The molecular weight excluding hydrogens is 366 g/mol. The lowest BCUT2D eigenvalue weighted by Gasteiger charge is -2.05. The molecule has 2 heterocycles. The number of pyridine rings is 1. The molecule has 0 fully saturated rings. The molecule has 0 unspecified atom stereocenters. The van der Waals surface area contributed by atoms with E-state index in [0.717, 1.165) is 49.5 Å². The molecule has 0 radical (unpaired) electrons. The molecule has 2 aromatic heterocycles. The lowest BCUT2D eigenvalue weighted by Crippen LogP contribution is -2.31. The molecule has 2 nitrogen and oxygen atoms in total. The van der Waals surface area contributed by atoms with Gasteiger partial charge in [-0.15, -0.1) is 0 Å². The smallest absolute Gasteiger partial charge is 0.216 e. The van der Waals surface area contributed by atoms with Crippen molar-refractivity contribution in [3.63, 3.8) is 0 Å². The van der Waals surface area contributed by atoms with E-state index >= 15 is 0 Å². The highest BCUT2D eigenvalue weighted by atomic mass is 16.3. The van der Waals surface area contributed by atoms with Crippen LogP contribution in [0.25, 0.3) is 54.7 Å². The SMILES string of the molecule is [2H]C([2H])([2H])c1ccc(-c2c(C)ccc3c2oc2c3ccc3ccc4ccccc4c32)[n+](C)c1. The summed E-state index contributed by atoms with van der Waals surface area (Å²) in [6.45, 7) is -0.0796. The van der Waals surface area contributed by atoms with Crippen LogP contribution in [0.2, 0.25) is 0 Å². The zero-order valence-electron chi connectivity index (χ0n) is 19.9. The Balaban J connectivity index is 1.72. The van der Waals surface area contributed by atoms with Gasteiger partial charge in [0.05, 0.1) is 5.56 Å². The number of fused-ring (bicyclic) bond motifs is 7. The standard InChI is InChI=1S/C28H22NO/c1-17-8-15-24(29(3)16-17)25-18(2)9-13-22-23-14-12-20-11-10-19-6-4-5-7-21(19)26(20)28(23)30-27(22)25/h4-16H,1-3H3/q+1/i1D3. The van der Waals surface area contributed by atoms with Gasteiger partial charge < -0.3 is 4.42 Å². The van der Waals surface area contributed by atoms with Gasteiger partial charge in [-0.1, -0.05) is 54.6 Å². The van der Waals surface area contributed by atoms with Crippen molar-refractivity contribution in [2.75, 3.05) is 0 Å².